The summed E-state index contributed by atoms with van der Waals surface area (Å²) in [5.41, 5.74) is 4.80. The van der Waals surface area contributed by atoms with Crippen molar-refractivity contribution in [3.8, 4) is 11.3 Å². The predicted molar refractivity (Wildman–Crippen MR) is 101 cm³/mol. The molecule has 0 saturated carbocycles. The summed E-state index contributed by atoms with van der Waals surface area (Å²) in [6.07, 6.45) is 2.24. The van der Waals surface area contributed by atoms with Gasteiger partial charge in [-0.05, 0) is 49.2 Å². The highest BCUT2D eigenvalue weighted by Crippen LogP contribution is 2.27. The van der Waals surface area contributed by atoms with Crippen LogP contribution < -0.4 is 0 Å². The summed E-state index contributed by atoms with van der Waals surface area (Å²) in [6.45, 7) is 6.11. The number of aryl methyl sites for hydroxylation is 2. The van der Waals surface area contributed by atoms with Crippen LogP contribution in [0.3, 0.4) is 0 Å². The molecule has 2 aromatic heterocycles. The molecule has 1 aliphatic rings. The molecule has 0 atom stereocenters. The zero-order valence-electron chi connectivity index (χ0n) is 15.5. The molecule has 0 aliphatic carbocycles. The molecule has 3 aromatic rings. The van der Waals surface area contributed by atoms with Crippen molar-refractivity contribution in [2.75, 3.05) is 26.3 Å². The standard InChI is InChI=1S/C21H22FN3O2/c1-14-3-6-19-23-21(16-4-5-17(22)15(2)11-16)18(25(19)13-14)12-20(26)24-7-9-27-10-8-24/h3-6,11,13H,7-10,12H2,1-2H3. The van der Waals surface area contributed by atoms with Crippen LogP contribution in [0.4, 0.5) is 4.39 Å². The van der Waals surface area contributed by atoms with Crippen LogP contribution in [0.15, 0.2) is 36.5 Å². The van der Waals surface area contributed by atoms with Crippen molar-refractivity contribution in [2.45, 2.75) is 20.3 Å². The van der Waals surface area contributed by atoms with Crippen molar-refractivity contribution >= 4 is 11.6 Å². The summed E-state index contributed by atoms with van der Waals surface area (Å²) in [5.74, 6) is -0.189. The summed E-state index contributed by atoms with van der Waals surface area (Å²) in [4.78, 5) is 19.4. The molecular weight excluding hydrogens is 345 g/mol. The molecular formula is C21H22FN3O2. The van der Waals surface area contributed by atoms with E-state index in [1.54, 1.807) is 19.1 Å². The van der Waals surface area contributed by atoms with Gasteiger partial charge in [-0.15, -0.1) is 0 Å². The Morgan fingerprint density at radius 1 is 1.19 bits per heavy atom. The first-order valence-corrected chi connectivity index (χ1v) is 9.12. The fourth-order valence-corrected chi connectivity index (χ4v) is 3.46. The lowest BCUT2D eigenvalue weighted by Gasteiger charge is -2.27. The second-order valence-corrected chi connectivity index (χ2v) is 6.98. The molecule has 1 fully saturated rings. The quantitative estimate of drug-likeness (QED) is 0.714. The van der Waals surface area contributed by atoms with Crippen molar-refractivity contribution in [1.29, 1.82) is 0 Å². The molecule has 6 heteroatoms. The van der Waals surface area contributed by atoms with E-state index in [1.165, 1.54) is 6.07 Å². The number of hydrogen-bond donors (Lipinski definition) is 0. The number of fused-ring (bicyclic) bond motifs is 1. The highest BCUT2D eigenvalue weighted by molar-refractivity contribution is 5.82. The molecule has 27 heavy (non-hydrogen) atoms. The molecule has 0 radical (unpaired) electrons. The lowest BCUT2D eigenvalue weighted by molar-refractivity contribution is -0.134. The molecule has 1 aliphatic heterocycles. The van der Waals surface area contributed by atoms with E-state index >= 15 is 0 Å². The van der Waals surface area contributed by atoms with Gasteiger partial charge in [0.25, 0.3) is 0 Å². The van der Waals surface area contributed by atoms with Gasteiger partial charge in [0.05, 0.1) is 31.0 Å². The maximum Gasteiger partial charge on any atom is 0.228 e. The lowest BCUT2D eigenvalue weighted by atomic mass is 10.1. The van der Waals surface area contributed by atoms with E-state index in [-0.39, 0.29) is 18.1 Å². The number of carbonyl (C=O) groups excluding carboxylic acids is 1. The third kappa shape index (κ3) is 3.45. The SMILES string of the molecule is Cc1ccc2nc(-c3ccc(F)c(C)c3)c(CC(=O)N3CCOCC3)n2c1. The number of amides is 1. The van der Waals surface area contributed by atoms with Gasteiger partial charge in [-0.1, -0.05) is 6.07 Å². The van der Waals surface area contributed by atoms with E-state index in [0.717, 1.165) is 28.2 Å². The van der Waals surface area contributed by atoms with Crippen LogP contribution in [0.5, 0.6) is 0 Å². The third-order valence-corrected chi connectivity index (χ3v) is 4.98. The third-order valence-electron chi connectivity index (χ3n) is 4.98. The van der Waals surface area contributed by atoms with Gasteiger partial charge in [-0.25, -0.2) is 9.37 Å². The smallest absolute Gasteiger partial charge is 0.228 e. The van der Waals surface area contributed by atoms with E-state index in [1.807, 2.05) is 34.6 Å². The maximum absolute atomic E-state index is 13.7. The largest absolute Gasteiger partial charge is 0.378 e. The van der Waals surface area contributed by atoms with Gasteiger partial charge >= 0.3 is 0 Å². The van der Waals surface area contributed by atoms with Gasteiger partial charge in [-0.3, -0.25) is 4.79 Å². The van der Waals surface area contributed by atoms with E-state index in [9.17, 15) is 9.18 Å². The molecule has 0 bridgehead atoms. The van der Waals surface area contributed by atoms with E-state index in [2.05, 4.69) is 0 Å². The number of pyridine rings is 1. The minimum absolute atomic E-state index is 0.0571. The molecule has 1 saturated heterocycles. The first kappa shape index (κ1) is 17.7. The molecule has 3 heterocycles. The Bertz CT molecular complexity index is 1010. The maximum atomic E-state index is 13.7. The topological polar surface area (TPSA) is 46.8 Å². The summed E-state index contributed by atoms with van der Waals surface area (Å²) in [7, 11) is 0. The van der Waals surface area contributed by atoms with Crippen LogP contribution in [0, 0.1) is 19.7 Å². The van der Waals surface area contributed by atoms with Gasteiger partial charge in [0.15, 0.2) is 0 Å². The first-order valence-electron chi connectivity index (χ1n) is 9.12. The van der Waals surface area contributed by atoms with Crippen LogP contribution in [0.25, 0.3) is 16.9 Å². The van der Waals surface area contributed by atoms with Crippen molar-refractivity contribution in [1.82, 2.24) is 14.3 Å². The van der Waals surface area contributed by atoms with Gasteiger partial charge in [0.2, 0.25) is 5.91 Å². The highest BCUT2D eigenvalue weighted by atomic mass is 19.1. The van der Waals surface area contributed by atoms with Crippen LogP contribution in [0.2, 0.25) is 0 Å². The fraction of sp³-hybridized carbons (Fsp3) is 0.333. The molecule has 4 rings (SSSR count). The summed E-state index contributed by atoms with van der Waals surface area (Å²) in [6, 6.07) is 8.90. The summed E-state index contributed by atoms with van der Waals surface area (Å²) in [5, 5.41) is 0. The first-order chi connectivity index (χ1) is 13.0. The monoisotopic (exact) mass is 367 g/mol. The number of hydrogen-bond acceptors (Lipinski definition) is 3. The zero-order valence-corrected chi connectivity index (χ0v) is 15.5. The Hall–Kier alpha value is -2.73. The number of rotatable bonds is 3. The number of carbonyl (C=O) groups is 1. The fourth-order valence-electron chi connectivity index (χ4n) is 3.46. The molecule has 140 valence electrons. The average Bonchev–Trinajstić information content (AvgIpc) is 3.02. The summed E-state index contributed by atoms with van der Waals surface area (Å²) >= 11 is 0. The minimum atomic E-state index is -0.246. The number of imidazole rings is 1. The van der Waals surface area contributed by atoms with Crippen molar-refractivity contribution in [2.24, 2.45) is 0 Å². The Morgan fingerprint density at radius 3 is 2.70 bits per heavy atom. The number of nitrogens with zero attached hydrogens (tertiary/aromatic N) is 3. The van der Waals surface area contributed by atoms with Crippen LogP contribution in [-0.2, 0) is 16.0 Å². The predicted octanol–water partition coefficient (Wildman–Crippen LogP) is 3.16. The van der Waals surface area contributed by atoms with Crippen molar-refractivity contribution in [3.63, 3.8) is 0 Å². The second kappa shape index (κ2) is 7.12. The number of ether oxygens (including phenoxy) is 1. The number of benzene rings is 1. The Morgan fingerprint density at radius 2 is 1.96 bits per heavy atom. The number of morpholine rings is 1. The van der Waals surface area contributed by atoms with Crippen LogP contribution in [-0.4, -0.2) is 46.5 Å². The van der Waals surface area contributed by atoms with Gasteiger partial charge in [0.1, 0.15) is 11.5 Å². The van der Waals surface area contributed by atoms with Crippen LogP contribution in [0.1, 0.15) is 16.8 Å². The Labute approximate surface area is 157 Å². The van der Waals surface area contributed by atoms with Crippen molar-refractivity contribution in [3.05, 3.63) is 59.2 Å². The van der Waals surface area contributed by atoms with Gasteiger partial charge in [-0.2, -0.15) is 0 Å². The van der Waals surface area contributed by atoms with Gasteiger partial charge in [0, 0.05) is 24.8 Å². The molecule has 1 aromatic carbocycles. The molecule has 0 unspecified atom stereocenters. The van der Waals surface area contributed by atoms with E-state index in [0.29, 0.717) is 31.9 Å². The Kier molecular flexibility index (Phi) is 4.66. The van der Waals surface area contributed by atoms with Crippen molar-refractivity contribution < 1.29 is 13.9 Å². The Balaban J connectivity index is 1.79. The number of aromatic nitrogens is 2. The van der Waals surface area contributed by atoms with E-state index < -0.39 is 0 Å². The molecule has 0 N–H and O–H groups in total. The second-order valence-electron chi connectivity index (χ2n) is 6.98. The molecule has 1 amide bonds. The molecule has 5 nitrogen and oxygen atoms in total. The van der Waals surface area contributed by atoms with Crippen LogP contribution >= 0.6 is 0 Å². The highest BCUT2D eigenvalue weighted by Gasteiger charge is 2.22. The minimum Gasteiger partial charge on any atom is -0.378 e. The summed E-state index contributed by atoms with van der Waals surface area (Å²) < 4.78 is 21.0. The van der Waals surface area contributed by atoms with E-state index in [4.69, 9.17) is 9.72 Å². The molecule has 0 spiro atoms. The van der Waals surface area contributed by atoms with Gasteiger partial charge < -0.3 is 14.0 Å². The zero-order chi connectivity index (χ0) is 19.0. The number of halogens is 1. The average molecular weight is 367 g/mol. The normalized spacial score (nSPS) is 14.7. The lowest BCUT2D eigenvalue weighted by Crippen LogP contribution is -2.41.